The van der Waals surface area contributed by atoms with Crippen LogP contribution in [0.3, 0.4) is 0 Å². The van der Waals surface area contributed by atoms with Crippen LogP contribution in [-0.2, 0) is 6.61 Å². The Balaban J connectivity index is 1.38. The number of hydrogen-bond acceptors (Lipinski definition) is 9. The molecule has 6 aromatic rings. The van der Waals surface area contributed by atoms with Crippen molar-refractivity contribution in [3.63, 3.8) is 0 Å². The molecule has 2 aromatic heterocycles. The topological polar surface area (TPSA) is 156 Å². The van der Waals surface area contributed by atoms with E-state index in [-0.39, 0.29) is 34.0 Å². The molecule has 2 heterocycles. The summed E-state index contributed by atoms with van der Waals surface area (Å²) < 4.78 is 14.0. The van der Waals surface area contributed by atoms with Gasteiger partial charge >= 0.3 is 5.69 Å². The van der Waals surface area contributed by atoms with Gasteiger partial charge in [-0.25, -0.2) is 4.98 Å². The van der Waals surface area contributed by atoms with Crippen molar-refractivity contribution < 1.29 is 19.0 Å². The molecule has 4 aromatic carbocycles. The van der Waals surface area contributed by atoms with Crippen LogP contribution in [-0.4, -0.2) is 25.7 Å². The van der Waals surface area contributed by atoms with Crippen molar-refractivity contribution in [3.05, 3.63) is 136 Å². The minimum absolute atomic E-state index is 0.0378. The third-order valence-electron chi connectivity index (χ3n) is 6.55. The molecule has 0 aliphatic rings. The van der Waals surface area contributed by atoms with E-state index in [4.69, 9.17) is 9.15 Å². The predicted octanol–water partition coefficient (Wildman–Crippen LogP) is 7.61. The van der Waals surface area contributed by atoms with Crippen molar-refractivity contribution in [2.75, 3.05) is 0 Å². The van der Waals surface area contributed by atoms with E-state index >= 15 is 0 Å². The summed E-state index contributed by atoms with van der Waals surface area (Å²) in [6.45, 7) is -0.0690. The maximum atomic E-state index is 13.6. The maximum absolute atomic E-state index is 13.6. The van der Waals surface area contributed by atoms with E-state index < -0.39 is 15.4 Å². The zero-order valence-corrected chi connectivity index (χ0v) is 25.4. The highest BCUT2D eigenvalue weighted by atomic mass is 79.9. The van der Waals surface area contributed by atoms with Gasteiger partial charge in [-0.05, 0) is 76.1 Å². The number of nitro benzene ring substituents is 2. The highest BCUT2D eigenvalue weighted by molar-refractivity contribution is 9.10. The van der Waals surface area contributed by atoms with E-state index in [1.807, 2.05) is 12.1 Å². The molecule has 44 heavy (non-hydrogen) atoms. The summed E-state index contributed by atoms with van der Waals surface area (Å²) in [6, 6.07) is 22.5. The largest absolute Gasteiger partial charge is 0.481 e. The SMILES string of the molecule is O=c1c2ccccc2nc(-c2cc3cc(Br)ccc3o2)n1N=Cc1cc(Br)c(OCc2ccc([N+](=O)[O-])cc2)c([N+](=O)[O-])c1. The zero-order chi connectivity index (χ0) is 31.0. The van der Waals surface area contributed by atoms with Crippen LogP contribution in [0.5, 0.6) is 5.75 Å². The Morgan fingerprint density at radius 1 is 0.955 bits per heavy atom. The van der Waals surface area contributed by atoms with Crippen LogP contribution < -0.4 is 10.3 Å². The minimum Gasteiger partial charge on any atom is -0.481 e. The number of para-hydroxylation sites is 1. The number of non-ortho nitro benzene ring substituents is 1. The predicted molar refractivity (Wildman–Crippen MR) is 170 cm³/mol. The average Bonchev–Trinajstić information content (AvgIpc) is 3.43. The Hall–Kier alpha value is -5.21. The Kier molecular flexibility index (Phi) is 7.76. The lowest BCUT2D eigenvalue weighted by Crippen LogP contribution is -2.20. The highest BCUT2D eigenvalue weighted by Gasteiger charge is 2.21. The first-order chi connectivity index (χ1) is 21.2. The van der Waals surface area contributed by atoms with Gasteiger partial charge in [-0.2, -0.15) is 9.78 Å². The molecule has 0 amide bonds. The van der Waals surface area contributed by atoms with Crippen LogP contribution >= 0.6 is 31.9 Å². The van der Waals surface area contributed by atoms with Crippen LogP contribution in [0.1, 0.15) is 11.1 Å². The van der Waals surface area contributed by atoms with Crippen LogP contribution in [0.4, 0.5) is 11.4 Å². The van der Waals surface area contributed by atoms with Crippen LogP contribution in [0, 0.1) is 20.2 Å². The summed E-state index contributed by atoms with van der Waals surface area (Å²) in [5, 5.41) is 28.4. The summed E-state index contributed by atoms with van der Waals surface area (Å²) in [5.74, 6) is 0.415. The summed E-state index contributed by atoms with van der Waals surface area (Å²) in [6.07, 6.45) is 1.30. The smallest absolute Gasteiger partial charge is 0.312 e. The summed E-state index contributed by atoms with van der Waals surface area (Å²) in [5.41, 5.74) is 1.03. The first-order valence-electron chi connectivity index (χ1n) is 12.8. The van der Waals surface area contributed by atoms with Gasteiger partial charge in [0.15, 0.2) is 5.76 Å². The van der Waals surface area contributed by atoms with Gasteiger partial charge in [0.1, 0.15) is 12.2 Å². The van der Waals surface area contributed by atoms with E-state index in [2.05, 4.69) is 41.9 Å². The molecule has 6 rings (SSSR count). The second-order valence-corrected chi connectivity index (χ2v) is 11.2. The normalized spacial score (nSPS) is 11.4. The van der Waals surface area contributed by atoms with Crippen molar-refractivity contribution in [2.24, 2.45) is 5.10 Å². The van der Waals surface area contributed by atoms with Gasteiger partial charge in [-0.15, -0.1) is 0 Å². The molecule has 12 nitrogen and oxygen atoms in total. The molecule has 218 valence electrons. The number of aromatic nitrogens is 2. The molecular formula is C30H17Br2N5O7. The van der Waals surface area contributed by atoms with E-state index in [0.717, 1.165) is 14.5 Å². The fourth-order valence-electron chi connectivity index (χ4n) is 4.46. The quantitative estimate of drug-likeness (QED) is 0.0884. The van der Waals surface area contributed by atoms with Gasteiger partial charge in [0.2, 0.25) is 11.6 Å². The van der Waals surface area contributed by atoms with Gasteiger partial charge in [0, 0.05) is 33.6 Å². The van der Waals surface area contributed by atoms with Gasteiger partial charge in [0.05, 0.1) is 31.4 Å². The van der Waals surface area contributed by atoms with Gasteiger partial charge in [0.25, 0.3) is 11.2 Å². The number of ether oxygens (including phenoxy) is 1. The molecule has 14 heteroatoms. The Labute approximate surface area is 263 Å². The van der Waals surface area contributed by atoms with Crippen LogP contribution in [0.2, 0.25) is 0 Å². The van der Waals surface area contributed by atoms with Gasteiger partial charge in [-0.1, -0.05) is 28.1 Å². The summed E-state index contributed by atoms with van der Waals surface area (Å²) in [7, 11) is 0. The monoisotopic (exact) mass is 717 g/mol. The molecule has 0 bridgehead atoms. The van der Waals surface area contributed by atoms with E-state index in [1.54, 1.807) is 42.5 Å². The number of fused-ring (bicyclic) bond motifs is 2. The molecule has 0 saturated carbocycles. The van der Waals surface area contributed by atoms with E-state index in [0.29, 0.717) is 33.4 Å². The molecule has 0 spiro atoms. The molecule has 0 fully saturated rings. The number of halogens is 2. The Bertz CT molecular complexity index is 2190. The summed E-state index contributed by atoms with van der Waals surface area (Å²) >= 11 is 6.78. The molecular weight excluding hydrogens is 702 g/mol. The van der Waals surface area contributed by atoms with Crippen molar-refractivity contribution in [2.45, 2.75) is 6.61 Å². The third kappa shape index (κ3) is 5.72. The first kappa shape index (κ1) is 28.9. The second kappa shape index (κ2) is 11.8. The lowest BCUT2D eigenvalue weighted by Gasteiger charge is -2.10. The number of hydrogen-bond donors (Lipinski definition) is 0. The first-order valence-corrected chi connectivity index (χ1v) is 14.4. The molecule has 0 N–H and O–H groups in total. The van der Waals surface area contributed by atoms with Crippen molar-refractivity contribution >= 4 is 71.3 Å². The minimum atomic E-state index is -0.602. The fraction of sp³-hybridized carbons (Fsp3) is 0.0333. The molecule has 0 atom stereocenters. The Morgan fingerprint density at radius 3 is 2.48 bits per heavy atom. The van der Waals surface area contributed by atoms with Crippen molar-refractivity contribution in [1.29, 1.82) is 0 Å². The third-order valence-corrected chi connectivity index (χ3v) is 7.63. The van der Waals surface area contributed by atoms with Gasteiger partial charge < -0.3 is 9.15 Å². The maximum Gasteiger partial charge on any atom is 0.312 e. The van der Waals surface area contributed by atoms with Crippen LogP contribution in [0.25, 0.3) is 33.5 Å². The lowest BCUT2D eigenvalue weighted by atomic mass is 10.2. The molecule has 0 radical (unpaired) electrons. The molecule has 0 unspecified atom stereocenters. The second-order valence-electron chi connectivity index (χ2n) is 9.43. The number of nitrogens with zero attached hydrogens (tertiary/aromatic N) is 5. The summed E-state index contributed by atoms with van der Waals surface area (Å²) in [4.78, 5) is 40.0. The molecule has 0 aliphatic carbocycles. The lowest BCUT2D eigenvalue weighted by molar-refractivity contribution is -0.386. The zero-order valence-electron chi connectivity index (χ0n) is 22.2. The standard InChI is InChI=1S/C30H17Br2N5O7/c31-20-7-10-26-19(13-20)14-27(44-26)29-34-24-4-2-1-3-22(24)30(38)35(29)33-15-18-11-23(32)28(25(12-18)37(41)42)43-16-17-5-8-21(9-6-17)36(39)40/h1-15H,16H2. The van der Waals surface area contributed by atoms with Crippen LogP contribution in [0.15, 0.2) is 108 Å². The van der Waals surface area contributed by atoms with E-state index in [9.17, 15) is 25.0 Å². The fourth-order valence-corrected chi connectivity index (χ4v) is 5.42. The Morgan fingerprint density at radius 2 is 1.73 bits per heavy atom. The molecule has 0 saturated heterocycles. The highest BCUT2D eigenvalue weighted by Crippen LogP contribution is 2.37. The number of furan rings is 1. The molecule has 0 aliphatic heterocycles. The number of benzene rings is 4. The van der Waals surface area contributed by atoms with Crippen molar-refractivity contribution in [3.8, 4) is 17.3 Å². The number of rotatable bonds is 8. The van der Waals surface area contributed by atoms with Crippen molar-refractivity contribution in [1.82, 2.24) is 9.66 Å². The van der Waals surface area contributed by atoms with E-state index in [1.165, 1.54) is 36.5 Å². The number of nitro groups is 2. The van der Waals surface area contributed by atoms with Gasteiger partial charge in [-0.3, -0.25) is 25.0 Å². The average molecular weight is 719 g/mol.